The van der Waals surface area contributed by atoms with Gasteiger partial charge in [-0.1, -0.05) is 0 Å². The summed E-state index contributed by atoms with van der Waals surface area (Å²) in [5.74, 6) is 0.665. The third kappa shape index (κ3) is 3.84. The van der Waals surface area contributed by atoms with Crippen molar-refractivity contribution in [1.82, 2.24) is 19.5 Å². The first kappa shape index (κ1) is 19.4. The number of nitrogens with one attached hydrogen (secondary N) is 1. The van der Waals surface area contributed by atoms with Crippen LogP contribution in [0.1, 0.15) is 13.0 Å². The zero-order chi connectivity index (χ0) is 20.3. The molecule has 2 saturated heterocycles. The number of hydrogen-bond donors (Lipinski definition) is 2. The van der Waals surface area contributed by atoms with E-state index in [-0.39, 0.29) is 18.8 Å². The summed E-state index contributed by atoms with van der Waals surface area (Å²) in [4.78, 5) is 36.5. The first-order valence-corrected chi connectivity index (χ1v) is 8.21. The van der Waals surface area contributed by atoms with Gasteiger partial charge in [0.1, 0.15) is 24.1 Å². The number of hydrogen-bond acceptors (Lipinski definition) is 11. The Bertz CT molecular complexity index is 857. The second-order valence-corrected chi connectivity index (χ2v) is 5.85. The average molecular weight is 399 g/mol. The summed E-state index contributed by atoms with van der Waals surface area (Å²) in [5.41, 5.74) is 1.33. The molecule has 152 valence electrons. The van der Waals surface area contributed by atoms with E-state index in [2.05, 4.69) is 25.1 Å². The van der Waals surface area contributed by atoms with E-state index in [0.29, 0.717) is 23.6 Å². The van der Waals surface area contributed by atoms with E-state index in [1.807, 2.05) is 11.5 Å². The Morgan fingerprint density at radius 2 is 2.00 bits per heavy atom. The van der Waals surface area contributed by atoms with Crippen LogP contribution in [0.4, 0.5) is 5.82 Å². The monoisotopic (exact) mass is 399 g/mol. The van der Waals surface area contributed by atoms with Crippen molar-refractivity contribution >= 4 is 17.0 Å². The molecule has 2 aliphatic heterocycles. The predicted octanol–water partition coefficient (Wildman–Crippen LogP) is -0.174. The van der Waals surface area contributed by atoms with Crippen LogP contribution >= 0.6 is 0 Å². The van der Waals surface area contributed by atoms with Gasteiger partial charge in [0.25, 0.3) is 10.2 Å². The minimum Gasteiger partial charge on any atom is -0.371 e. The van der Waals surface area contributed by atoms with Crippen LogP contribution < -0.4 is 5.32 Å². The number of aromatic nitrogens is 4. The highest BCUT2D eigenvalue weighted by atomic mass is 17.0. The van der Waals surface area contributed by atoms with E-state index in [1.165, 1.54) is 6.33 Å². The van der Waals surface area contributed by atoms with Crippen LogP contribution in [0.3, 0.4) is 0 Å². The average Bonchev–Trinajstić information content (AvgIpc) is 3.30. The van der Waals surface area contributed by atoms with Gasteiger partial charge in [0.2, 0.25) is 0 Å². The lowest BCUT2D eigenvalue weighted by Gasteiger charge is -2.17. The first-order valence-electron chi connectivity index (χ1n) is 8.21. The third-order valence-corrected chi connectivity index (χ3v) is 4.26. The molecule has 0 amide bonds. The summed E-state index contributed by atoms with van der Waals surface area (Å²) in [7, 11) is 0. The predicted molar refractivity (Wildman–Crippen MR) is 88.7 cm³/mol. The molecule has 15 nitrogen and oxygen atoms in total. The number of anilines is 1. The van der Waals surface area contributed by atoms with Crippen LogP contribution in [0.15, 0.2) is 12.7 Å². The maximum atomic E-state index is 10.6. The fourth-order valence-electron chi connectivity index (χ4n) is 3.27. The van der Waals surface area contributed by atoms with Crippen LogP contribution in [0.25, 0.3) is 11.2 Å². The van der Waals surface area contributed by atoms with Crippen LogP contribution in [-0.4, -0.2) is 73.0 Å². The van der Waals surface area contributed by atoms with Crippen LogP contribution in [0, 0.1) is 20.2 Å². The molecule has 4 rings (SSSR count). The molecule has 0 bridgehead atoms. The van der Waals surface area contributed by atoms with Crippen molar-refractivity contribution in [2.75, 3.05) is 25.1 Å². The Labute approximate surface area is 156 Å². The minimum absolute atomic E-state index is 0.122. The van der Waals surface area contributed by atoms with Crippen molar-refractivity contribution in [2.45, 2.75) is 31.3 Å². The second kappa shape index (κ2) is 8.13. The van der Waals surface area contributed by atoms with Crippen LogP contribution in [0.2, 0.25) is 0 Å². The summed E-state index contributed by atoms with van der Waals surface area (Å²) in [6, 6.07) is -0.176. The summed E-state index contributed by atoms with van der Waals surface area (Å²) < 4.78 is 13.3. The molecule has 2 N–H and O–H groups in total. The molecular formula is C13H17N7O8. The van der Waals surface area contributed by atoms with Crippen molar-refractivity contribution in [3.63, 3.8) is 0 Å². The fourth-order valence-corrected chi connectivity index (χ4v) is 3.27. The van der Waals surface area contributed by atoms with Crippen molar-refractivity contribution in [1.29, 1.82) is 0 Å². The van der Waals surface area contributed by atoms with Gasteiger partial charge in [-0.15, -0.1) is 20.2 Å². The molecule has 0 saturated carbocycles. The maximum absolute atomic E-state index is 10.6. The maximum Gasteiger partial charge on any atom is 0.294 e. The standard InChI is InChI=1S/C13H16N6O5.HNO3/c1-2-14-12-9-13(16-5-15-12)18(6-17-9)7-3-22-11-8(24-19(20)21)4-23-10(7)11;2-1(3)4/h5-8,10-11H,2-4H2,1H3,(H,14,15,16);(H,2,3,4)/t7-,8-,10+,11+;/m0./s1. The van der Waals surface area contributed by atoms with Gasteiger partial charge in [0.15, 0.2) is 17.6 Å². The lowest BCUT2D eigenvalue weighted by atomic mass is 10.1. The zero-order valence-electron chi connectivity index (χ0n) is 14.6. The lowest BCUT2D eigenvalue weighted by molar-refractivity contribution is -0.769. The Morgan fingerprint density at radius 1 is 1.29 bits per heavy atom. The molecule has 0 radical (unpaired) electrons. The molecule has 0 unspecified atom stereocenters. The van der Waals surface area contributed by atoms with E-state index in [9.17, 15) is 10.1 Å². The highest BCUT2D eigenvalue weighted by Gasteiger charge is 2.50. The Hall–Kier alpha value is -3.33. The largest absolute Gasteiger partial charge is 0.371 e. The van der Waals surface area contributed by atoms with Gasteiger partial charge in [-0.3, -0.25) is 0 Å². The van der Waals surface area contributed by atoms with Crippen molar-refractivity contribution in [2.24, 2.45) is 0 Å². The topological polar surface area (TPSA) is 190 Å². The van der Waals surface area contributed by atoms with Gasteiger partial charge in [0.05, 0.1) is 25.6 Å². The number of ether oxygens (including phenoxy) is 2. The van der Waals surface area contributed by atoms with Gasteiger partial charge in [-0.05, 0) is 6.92 Å². The van der Waals surface area contributed by atoms with Gasteiger partial charge in [-0.2, -0.15) is 0 Å². The Balaban J connectivity index is 0.000000516. The smallest absolute Gasteiger partial charge is 0.294 e. The molecule has 2 fully saturated rings. The summed E-state index contributed by atoms with van der Waals surface area (Å²) in [5, 5.41) is 26.5. The second-order valence-electron chi connectivity index (χ2n) is 5.85. The lowest BCUT2D eigenvalue weighted by Crippen LogP contribution is -2.33. The molecule has 28 heavy (non-hydrogen) atoms. The number of fused-ring (bicyclic) bond motifs is 2. The van der Waals surface area contributed by atoms with Crippen molar-refractivity contribution in [3.8, 4) is 0 Å². The molecule has 4 atom stereocenters. The van der Waals surface area contributed by atoms with Gasteiger partial charge in [0, 0.05) is 6.54 Å². The molecular weight excluding hydrogens is 382 g/mol. The van der Waals surface area contributed by atoms with Crippen molar-refractivity contribution in [3.05, 3.63) is 32.9 Å². The summed E-state index contributed by atoms with van der Waals surface area (Å²) in [6.45, 7) is 3.16. The van der Waals surface area contributed by atoms with Gasteiger partial charge in [-0.25, -0.2) is 15.0 Å². The zero-order valence-corrected chi connectivity index (χ0v) is 14.6. The quantitative estimate of drug-likeness (QED) is 0.499. The Kier molecular flexibility index (Phi) is 5.65. The first-order chi connectivity index (χ1) is 13.4. The molecule has 0 aromatic carbocycles. The third-order valence-electron chi connectivity index (χ3n) is 4.26. The van der Waals surface area contributed by atoms with Crippen LogP contribution in [-0.2, 0) is 14.3 Å². The fraction of sp³-hybridized carbons (Fsp3) is 0.615. The van der Waals surface area contributed by atoms with E-state index >= 15 is 0 Å². The van der Waals surface area contributed by atoms with E-state index in [1.54, 1.807) is 6.33 Å². The molecule has 2 aliphatic rings. The Morgan fingerprint density at radius 3 is 2.68 bits per heavy atom. The normalized spacial score (nSPS) is 25.6. The molecule has 0 aliphatic carbocycles. The van der Waals surface area contributed by atoms with Crippen LogP contribution in [0.5, 0.6) is 0 Å². The molecule has 4 heterocycles. The number of rotatable bonds is 5. The SMILES string of the molecule is CCNc1ncnc2c1ncn2[C@H]1CO[C@H]2[C@@H]1OC[C@@H]2O[N+](=O)[O-].O=[N+]([O-])O. The summed E-state index contributed by atoms with van der Waals surface area (Å²) in [6.07, 6.45) is 1.61. The molecule has 15 heteroatoms. The van der Waals surface area contributed by atoms with E-state index < -0.39 is 22.4 Å². The molecule has 0 spiro atoms. The molecule has 2 aromatic rings. The minimum atomic E-state index is -1.50. The number of nitrogens with zero attached hydrogens (tertiary/aromatic N) is 6. The summed E-state index contributed by atoms with van der Waals surface area (Å²) >= 11 is 0. The van der Waals surface area contributed by atoms with Crippen molar-refractivity contribution < 1.29 is 29.7 Å². The van der Waals surface area contributed by atoms with Gasteiger partial charge >= 0.3 is 0 Å². The number of imidazole rings is 1. The van der Waals surface area contributed by atoms with Gasteiger partial charge < -0.3 is 29.4 Å². The van der Waals surface area contributed by atoms with E-state index in [4.69, 9.17) is 24.8 Å². The van der Waals surface area contributed by atoms with E-state index in [0.717, 1.165) is 6.54 Å². The molecule has 2 aromatic heterocycles. The highest BCUT2D eigenvalue weighted by Crippen LogP contribution is 2.37. The highest BCUT2D eigenvalue weighted by molar-refractivity contribution is 5.82.